The fourth-order valence-electron chi connectivity index (χ4n) is 4.38. The molecule has 1 aliphatic rings. The Bertz CT molecular complexity index is 1180. The first-order valence-corrected chi connectivity index (χ1v) is 11.3. The summed E-state index contributed by atoms with van der Waals surface area (Å²) in [4.78, 5) is 18.1. The van der Waals surface area contributed by atoms with Gasteiger partial charge in [-0.3, -0.25) is 4.79 Å². The first kappa shape index (κ1) is 22.1. The molecule has 1 heterocycles. The highest BCUT2D eigenvalue weighted by atomic mass is 32.1. The number of aromatic nitrogens is 1. The Morgan fingerprint density at radius 2 is 1.84 bits per heavy atom. The standard InChI is InChI=1S/C25H29N3O3S/c1-16-7-6-8-19(11-16)26-25(32)28(20-9-4-5-10-20)15-18-12-17-13-22(30-2)23(31-3)14-21(17)27-24(18)29/h6-8,11-14,20H,4-5,9-10,15H2,1-3H3,(H,26,32)(H,27,29). The molecule has 0 amide bonds. The highest BCUT2D eigenvalue weighted by Gasteiger charge is 2.26. The quantitative estimate of drug-likeness (QED) is 0.515. The van der Waals surface area contributed by atoms with E-state index in [9.17, 15) is 4.79 Å². The predicted molar refractivity (Wildman–Crippen MR) is 133 cm³/mol. The molecule has 4 rings (SSSR count). The second-order valence-electron chi connectivity index (χ2n) is 8.28. The highest BCUT2D eigenvalue weighted by Crippen LogP contribution is 2.31. The topological polar surface area (TPSA) is 66.6 Å². The number of methoxy groups -OCH3 is 2. The molecule has 1 fully saturated rings. The van der Waals surface area contributed by atoms with Gasteiger partial charge in [0.1, 0.15) is 0 Å². The number of fused-ring (bicyclic) bond motifs is 1. The molecule has 0 spiro atoms. The third-order valence-electron chi connectivity index (χ3n) is 6.06. The van der Waals surface area contributed by atoms with E-state index in [0.717, 1.165) is 23.9 Å². The summed E-state index contributed by atoms with van der Waals surface area (Å²) in [5.74, 6) is 1.21. The molecule has 1 aromatic heterocycles. The van der Waals surface area contributed by atoms with Gasteiger partial charge in [0.15, 0.2) is 16.6 Å². The van der Waals surface area contributed by atoms with Crippen molar-refractivity contribution in [3.8, 4) is 11.5 Å². The van der Waals surface area contributed by atoms with Crippen LogP contribution in [0, 0.1) is 6.92 Å². The van der Waals surface area contributed by atoms with Gasteiger partial charge in [0, 0.05) is 28.7 Å². The minimum Gasteiger partial charge on any atom is -0.493 e. The van der Waals surface area contributed by atoms with Gasteiger partial charge in [-0.05, 0) is 61.8 Å². The number of aromatic amines is 1. The molecule has 3 aromatic rings. The number of anilines is 1. The predicted octanol–water partition coefficient (Wildman–Crippen LogP) is 5.00. The number of nitrogens with zero attached hydrogens (tertiary/aromatic N) is 1. The van der Waals surface area contributed by atoms with Gasteiger partial charge in [0.2, 0.25) is 0 Å². The van der Waals surface area contributed by atoms with Gasteiger partial charge in [-0.15, -0.1) is 0 Å². The van der Waals surface area contributed by atoms with Crippen LogP contribution < -0.4 is 20.3 Å². The molecule has 2 N–H and O–H groups in total. The Hall–Kier alpha value is -3.06. The third-order valence-corrected chi connectivity index (χ3v) is 6.40. The van der Waals surface area contributed by atoms with Gasteiger partial charge in [-0.2, -0.15) is 0 Å². The maximum Gasteiger partial charge on any atom is 0.253 e. The Morgan fingerprint density at radius 1 is 1.12 bits per heavy atom. The van der Waals surface area contributed by atoms with Gasteiger partial charge in [0.05, 0.1) is 26.3 Å². The maximum atomic E-state index is 12.9. The molecule has 6 nitrogen and oxygen atoms in total. The van der Waals surface area contributed by atoms with E-state index in [0.29, 0.717) is 40.3 Å². The van der Waals surface area contributed by atoms with Crippen molar-refractivity contribution in [3.05, 3.63) is 63.9 Å². The first-order chi connectivity index (χ1) is 15.5. The van der Waals surface area contributed by atoms with E-state index in [1.165, 1.54) is 18.4 Å². The molecule has 168 valence electrons. The molecule has 1 saturated carbocycles. The van der Waals surface area contributed by atoms with Crippen molar-refractivity contribution >= 4 is 33.9 Å². The van der Waals surface area contributed by atoms with Crippen molar-refractivity contribution in [2.45, 2.75) is 45.2 Å². The van der Waals surface area contributed by atoms with Crippen LogP contribution in [0.3, 0.4) is 0 Å². The summed E-state index contributed by atoms with van der Waals surface area (Å²) in [5, 5.41) is 4.92. The van der Waals surface area contributed by atoms with Crippen LogP contribution in [-0.2, 0) is 6.54 Å². The molecule has 7 heteroatoms. The largest absolute Gasteiger partial charge is 0.493 e. The summed E-state index contributed by atoms with van der Waals surface area (Å²) in [6, 6.07) is 14.1. The van der Waals surface area contributed by atoms with Crippen molar-refractivity contribution in [1.82, 2.24) is 9.88 Å². The molecule has 0 atom stereocenters. The van der Waals surface area contributed by atoms with Crippen molar-refractivity contribution in [2.24, 2.45) is 0 Å². The monoisotopic (exact) mass is 451 g/mol. The fourth-order valence-corrected chi connectivity index (χ4v) is 4.71. The number of ether oxygens (including phenoxy) is 2. The molecular formula is C25H29N3O3S. The van der Waals surface area contributed by atoms with Crippen LogP contribution in [0.5, 0.6) is 11.5 Å². The Labute approximate surface area is 193 Å². The second kappa shape index (κ2) is 9.61. The number of pyridine rings is 1. The van der Waals surface area contributed by atoms with Crippen LogP contribution in [0.1, 0.15) is 36.8 Å². The SMILES string of the molecule is COc1cc2cc(CN(C(=S)Nc3cccc(C)c3)C3CCCC3)c(=O)[nH]c2cc1OC. The lowest BCUT2D eigenvalue weighted by Crippen LogP contribution is -2.42. The maximum absolute atomic E-state index is 12.9. The molecule has 0 radical (unpaired) electrons. The summed E-state index contributed by atoms with van der Waals surface area (Å²) in [6.07, 6.45) is 4.51. The van der Waals surface area contributed by atoms with E-state index in [2.05, 4.69) is 34.3 Å². The van der Waals surface area contributed by atoms with E-state index in [-0.39, 0.29) is 5.56 Å². The van der Waals surface area contributed by atoms with Gasteiger partial charge >= 0.3 is 0 Å². The lowest BCUT2D eigenvalue weighted by molar-refractivity contribution is 0.311. The number of hydrogen-bond acceptors (Lipinski definition) is 4. The zero-order valence-electron chi connectivity index (χ0n) is 18.7. The molecule has 2 aromatic carbocycles. The van der Waals surface area contributed by atoms with Crippen LogP contribution in [0.2, 0.25) is 0 Å². The zero-order chi connectivity index (χ0) is 22.7. The molecule has 32 heavy (non-hydrogen) atoms. The number of benzene rings is 2. The number of rotatable bonds is 6. The number of aryl methyl sites for hydroxylation is 1. The Balaban J connectivity index is 1.66. The third kappa shape index (κ3) is 4.72. The zero-order valence-corrected chi connectivity index (χ0v) is 19.6. The van der Waals surface area contributed by atoms with Crippen LogP contribution in [0.25, 0.3) is 10.9 Å². The van der Waals surface area contributed by atoms with E-state index in [4.69, 9.17) is 21.7 Å². The summed E-state index contributed by atoms with van der Waals surface area (Å²) < 4.78 is 10.8. The van der Waals surface area contributed by atoms with Gasteiger partial charge < -0.3 is 24.7 Å². The minimum absolute atomic E-state index is 0.119. The van der Waals surface area contributed by atoms with E-state index in [1.54, 1.807) is 20.3 Å². The highest BCUT2D eigenvalue weighted by molar-refractivity contribution is 7.80. The average molecular weight is 452 g/mol. The lowest BCUT2D eigenvalue weighted by atomic mass is 10.1. The van der Waals surface area contributed by atoms with Crippen molar-refractivity contribution < 1.29 is 9.47 Å². The Morgan fingerprint density at radius 3 is 2.53 bits per heavy atom. The Kier molecular flexibility index (Phi) is 6.65. The van der Waals surface area contributed by atoms with Crippen LogP contribution >= 0.6 is 12.2 Å². The minimum atomic E-state index is -0.119. The lowest BCUT2D eigenvalue weighted by Gasteiger charge is -2.31. The smallest absolute Gasteiger partial charge is 0.253 e. The normalized spacial score (nSPS) is 13.8. The first-order valence-electron chi connectivity index (χ1n) is 10.9. The molecular weight excluding hydrogens is 422 g/mol. The summed E-state index contributed by atoms with van der Waals surface area (Å²) in [7, 11) is 3.19. The van der Waals surface area contributed by atoms with Gasteiger partial charge in [-0.1, -0.05) is 25.0 Å². The van der Waals surface area contributed by atoms with Gasteiger partial charge in [0.25, 0.3) is 5.56 Å². The average Bonchev–Trinajstić information content (AvgIpc) is 3.31. The number of H-pyrrole nitrogens is 1. The van der Waals surface area contributed by atoms with Crippen molar-refractivity contribution in [2.75, 3.05) is 19.5 Å². The van der Waals surface area contributed by atoms with E-state index in [1.807, 2.05) is 24.3 Å². The summed E-state index contributed by atoms with van der Waals surface area (Å²) in [6.45, 7) is 2.50. The molecule has 0 bridgehead atoms. The van der Waals surface area contributed by atoms with Crippen LogP contribution in [-0.4, -0.2) is 35.3 Å². The van der Waals surface area contributed by atoms with Crippen molar-refractivity contribution in [1.29, 1.82) is 0 Å². The summed E-state index contributed by atoms with van der Waals surface area (Å²) in [5.41, 5.74) is 3.39. The second-order valence-corrected chi connectivity index (χ2v) is 8.67. The van der Waals surface area contributed by atoms with Crippen LogP contribution in [0.4, 0.5) is 5.69 Å². The molecule has 1 aliphatic carbocycles. The van der Waals surface area contributed by atoms with E-state index >= 15 is 0 Å². The van der Waals surface area contributed by atoms with E-state index < -0.39 is 0 Å². The van der Waals surface area contributed by atoms with Crippen LogP contribution in [0.15, 0.2) is 47.3 Å². The number of nitrogens with one attached hydrogen (secondary N) is 2. The number of hydrogen-bond donors (Lipinski definition) is 2. The molecule has 0 aliphatic heterocycles. The van der Waals surface area contributed by atoms with Gasteiger partial charge in [-0.25, -0.2) is 0 Å². The summed E-state index contributed by atoms with van der Waals surface area (Å²) >= 11 is 5.81. The number of thiocarbonyl (C=S) groups is 1. The molecule has 0 saturated heterocycles. The molecule has 0 unspecified atom stereocenters. The van der Waals surface area contributed by atoms with Crippen molar-refractivity contribution in [3.63, 3.8) is 0 Å². The fraction of sp³-hybridized carbons (Fsp3) is 0.360.